The number of ether oxygens (including phenoxy) is 3. The highest BCUT2D eigenvalue weighted by atomic mass is 16.7. The zero-order chi connectivity index (χ0) is 20.7. The first-order valence-corrected chi connectivity index (χ1v) is 10.3. The van der Waals surface area contributed by atoms with Gasteiger partial charge in [-0.2, -0.15) is 0 Å². The van der Waals surface area contributed by atoms with E-state index < -0.39 is 0 Å². The van der Waals surface area contributed by atoms with Gasteiger partial charge in [-0.15, -0.1) is 0 Å². The highest BCUT2D eigenvalue weighted by Gasteiger charge is 2.46. The predicted molar refractivity (Wildman–Crippen MR) is 109 cm³/mol. The Kier molecular flexibility index (Phi) is 4.73. The molecule has 2 heterocycles. The molecule has 2 amide bonds. The molecule has 1 aliphatic carbocycles. The van der Waals surface area contributed by atoms with Gasteiger partial charge in [-0.1, -0.05) is 6.07 Å². The molecule has 2 atom stereocenters. The molecule has 3 aliphatic rings. The molecule has 2 fully saturated rings. The quantitative estimate of drug-likeness (QED) is 0.778. The van der Waals surface area contributed by atoms with Crippen LogP contribution in [0.25, 0.3) is 0 Å². The lowest BCUT2D eigenvalue weighted by Crippen LogP contribution is -2.51. The third-order valence-electron chi connectivity index (χ3n) is 6.15. The number of piperazine rings is 1. The van der Waals surface area contributed by atoms with Gasteiger partial charge in [0, 0.05) is 37.7 Å². The zero-order valence-electron chi connectivity index (χ0n) is 16.9. The Morgan fingerprint density at radius 3 is 2.37 bits per heavy atom. The number of hydrogen-bond donors (Lipinski definition) is 0. The molecular formula is C23H24N2O5. The van der Waals surface area contributed by atoms with Crippen molar-refractivity contribution in [2.24, 2.45) is 5.92 Å². The van der Waals surface area contributed by atoms with Crippen molar-refractivity contribution in [1.29, 1.82) is 0 Å². The van der Waals surface area contributed by atoms with Gasteiger partial charge in [0.25, 0.3) is 5.91 Å². The minimum atomic E-state index is -0.00518. The van der Waals surface area contributed by atoms with Crippen molar-refractivity contribution < 1.29 is 23.8 Å². The molecule has 2 unspecified atom stereocenters. The number of nitrogens with zero attached hydrogens (tertiary/aromatic N) is 2. The Hall–Kier alpha value is -3.22. The minimum Gasteiger partial charge on any atom is -0.497 e. The summed E-state index contributed by atoms with van der Waals surface area (Å²) < 4.78 is 16.0. The summed E-state index contributed by atoms with van der Waals surface area (Å²) in [7, 11) is 1.60. The topological polar surface area (TPSA) is 68.3 Å². The van der Waals surface area contributed by atoms with Gasteiger partial charge in [0.15, 0.2) is 11.5 Å². The van der Waals surface area contributed by atoms with Gasteiger partial charge in [0.1, 0.15) is 5.75 Å². The molecular weight excluding hydrogens is 384 g/mol. The maximum absolute atomic E-state index is 12.9. The molecule has 5 rings (SSSR count). The lowest BCUT2D eigenvalue weighted by Gasteiger charge is -2.35. The van der Waals surface area contributed by atoms with Crippen LogP contribution in [0.3, 0.4) is 0 Å². The Morgan fingerprint density at radius 2 is 1.63 bits per heavy atom. The summed E-state index contributed by atoms with van der Waals surface area (Å²) in [6, 6.07) is 13.1. The Bertz CT molecular complexity index is 966. The number of rotatable bonds is 4. The second kappa shape index (κ2) is 7.55. The van der Waals surface area contributed by atoms with Crippen molar-refractivity contribution in [1.82, 2.24) is 9.80 Å². The Balaban J connectivity index is 1.16. The summed E-state index contributed by atoms with van der Waals surface area (Å²) in [6.45, 7) is 2.51. The molecule has 7 nitrogen and oxygen atoms in total. The first kappa shape index (κ1) is 18.8. The van der Waals surface area contributed by atoms with Gasteiger partial charge in [0.2, 0.25) is 12.7 Å². The van der Waals surface area contributed by atoms with E-state index in [2.05, 4.69) is 0 Å². The van der Waals surface area contributed by atoms with Crippen LogP contribution in [0.4, 0.5) is 0 Å². The number of benzene rings is 2. The molecule has 1 saturated carbocycles. The zero-order valence-corrected chi connectivity index (χ0v) is 16.9. The second-order valence-corrected chi connectivity index (χ2v) is 7.91. The summed E-state index contributed by atoms with van der Waals surface area (Å²) in [5.41, 5.74) is 1.77. The van der Waals surface area contributed by atoms with Crippen LogP contribution in [0.1, 0.15) is 28.3 Å². The molecule has 0 bridgehead atoms. The van der Waals surface area contributed by atoms with E-state index in [0.717, 1.165) is 29.2 Å². The normalized spacial score (nSPS) is 22.0. The highest BCUT2D eigenvalue weighted by Crippen LogP contribution is 2.50. The maximum atomic E-state index is 12.9. The van der Waals surface area contributed by atoms with Gasteiger partial charge >= 0.3 is 0 Å². The van der Waals surface area contributed by atoms with Gasteiger partial charge in [-0.05, 0) is 54.3 Å². The van der Waals surface area contributed by atoms with E-state index in [1.54, 1.807) is 31.4 Å². The second-order valence-electron chi connectivity index (χ2n) is 7.91. The molecule has 1 saturated heterocycles. The number of fused-ring (bicyclic) bond motifs is 1. The van der Waals surface area contributed by atoms with Gasteiger partial charge in [-0.25, -0.2) is 0 Å². The minimum absolute atomic E-state index is 0.00518. The summed E-state index contributed by atoms with van der Waals surface area (Å²) in [5.74, 6) is 2.70. The van der Waals surface area contributed by atoms with Crippen LogP contribution in [-0.2, 0) is 4.79 Å². The van der Waals surface area contributed by atoms with E-state index in [1.807, 2.05) is 28.0 Å². The molecule has 0 spiro atoms. The number of hydrogen-bond acceptors (Lipinski definition) is 5. The van der Waals surface area contributed by atoms with E-state index in [9.17, 15) is 9.59 Å². The van der Waals surface area contributed by atoms with Crippen LogP contribution < -0.4 is 14.2 Å². The van der Waals surface area contributed by atoms with Crippen LogP contribution in [-0.4, -0.2) is 61.7 Å². The third kappa shape index (κ3) is 3.44. The fourth-order valence-corrected chi connectivity index (χ4v) is 4.26. The first-order chi connectivity index (χ1) is 14.6. The summed E-state index contributed by atoms with van der Waals surface area (Å²) >= 11 is 0. The first-order valence-electron chi connectivity index (χ1n) is 10.3. The number of amides is 2. The number of carbonyl (C=O) groups is 2. The van der Waals surface area contributed by atoms with Crippen LogP contribution in [0.2, 0.25) is 0 Å². The van der Waals surface area contributed by atoms with E-state index in [4.69, 9.17) is 14.2 Å². The molecule has 30 heavy (non-hydrogen) atoms. The average Bonchev–Trinajstić information content (AvgIpc) is 3.47. The number of methoxy groups -OCH3 is 1. The Morgan fingerprint density at radius 1 is 0.933 bits per heavy atom. The van der Waals surface area contributed by atoms with Crippen molar-refractivity contribution in [2.75, 3.05) is 40.1 Å². The molecule has 7 heteroatoms. The van der Waals surface area contributed by atoms with Gasteiger partial charge in [-0.3, -0.25) is 9.59 Å². The van der Waals surface area contributed by atoms with Crippen LogP contribution in [0.5, 0.6) is 17.2 Å². The van der Waals surface area contributed by atoms with Crippen molar-refractivity contribution in [3.63, 3.8) is 0 Å². The van der Waals surface area contributed by atoms with Crippen molar-refractivity contribution in [3.8, 4) is 17.2 Å². The molecule has 2 aromatic rings. The fraction of sp³-hybridized carbons (Fsp3) is 0.391. The van der Waals surface area contributed by atoms with Crippen molar-refractivity contribution in [3.05, 3.63) is 53.6 Å². The Labute approximate surface area is 175 Å². The maximum Gasteiger partial charge on any atom is 0.253 e. The monoisotopic (exact) mass is 408 g/mol. The van der Waals surface area contributed by atoms with Crippen LogP contribution >= 0.6 is 0 Å². The van der Waals surface area contributed by atoms with E-state index >= 15 is 0 Å². The molecule has 156 valence electrons. The number of carbonyl (C=O) groups excluding carboxylic acids is 2. The van der Waals surface area contributed by atoms with E-state index in [-0.39, 0.29) is 30.4 Å². The van der Waals surface area contributed by atoms with Gasteiger partial charge in [0.05, 0.1) is 7.11 Å². The summed E-state index contributed by atoms with van der Waals surface area (Å²) in [4.78, 5) is 29.4. The van der Waals surface area contributed by atoms with Gasteiger partial charge < -0.3 is 24.0 Å². The van der Waals surface area contributed by atoms with Crippen molar-refractivity contribution >= 4 is 11.8 Å². The third-order valence-corrected chi connectivity index (χ3v) is 6.15. The highest BCUT2D eigenvalue weighted by molar-refractivity contribution is 5.94. The summed E-state index contributed by atoms with van der Waals surface area (Å²) in [5, 5.41) is 0. The summed E-state index contributed by atoms with van der Waals surface area (Å²) in [6.07, 6.45) is 0.865. The SMILES string of the molecule is COc1ccc(C(=O)N2CCN(C(=O)C3CC3c3ccc4c(c3)OCO4)CC2)cc1. The average molecular weight is 408 g/mol. The predicted octanol–water partition coefficient (Wildman–Crippen LogP) is 2.51. The molecule has 0 radical (unpaired) electrons. The fourth-order valence-electron chi connectivity index (χ4n) is 4.26. The molecule has 0 N–H and O–H groups in total. The molecule has 2 aliphatic heterocycles. The molecule has 0 aromatic heterocycles. The van der Waals surface area contributed by atoms with Crippen LogP contribution in [0.15, 0.2) is 42.5 Å². The van der Waals surface area contributed by atoms with E-state index in [0.29, 0.717) is 31.7 Å². The molecule has 2 aromatic carbocycles. The van der Waals surface area contributed by atoms with Crippen molar-refractivity contribution in [2.45, 2.75) is 12.3 Å². The standard InChI is InChI=1S/C23H24N2O5/c1-28-17-5-2-15(3-6-17)22(26)24-8-10-25(11-9-24)23(27)19-13-18(19)16-4-7-20-21(12-16)30-14-29-20/h2-7,12,18-19H,8-11,13-14H2,1H3. The van der Waals surface area contributed by atoms with Crippen LogP contribution in [0, 0.1) is 5.92 Å². The largest absolute Gasteiger partial charge is 0.497 e. The lowest BCUT2D eigenvalue weighted by molar-refractivity contribution is -0.134. The lowest BCUT2D eigenvalue weighted by atomic mass is 10.1. The van der Waals surface area contributed by atoms with E-state index in [1.165, 1.54) is 0 Å². The smallest absolute Gasteiger partial charge is 0.253 e.